The van der Waals surface area contributed by atoms with Crippen LogP contribution in [-0.2, 0) is 6.42 Å². The maximum atomic E-state index is 13.7. The van der Waals surface area contributed by atoms with Crippen LogP contribution in [0.4, 0.5) is 8.78 Å². The van der Waals surface area contributed by atoms with E-state index in [1.807, 2.05) is 0 Å². The van der Waals surface area contributed by atoms with Gasteiger partial charge in [-0.25, -0.2) is 8.78 Å². The number of hydrogen-bond donors (Lipinski definition) is 0. The van der Waals surface area contributed by atoms with Crippen LogP contribution in [0, 0.1) is 23.5 Å². The van der Waals surface area contributed by atoms with Crippen LogP contribution in [0.1, 0.15) is 49.7 Å². The van der Waals surface area contributed by atoms with Gasteiger partial charge in [0.15, 0.2) is 0 Å². The highest BCUT2D eigenvalue weighted by molar-refractivity contribution is 5.35. The minimum absolute atomic E-state index is 0.336. The molecule has 3 atom stereocenters. The third-order valence-corrected chi connectivity index (χ3v) is 4.60. The second kappa shape index (κ2) is 4.08. The first-order valence-corrected chi connectivity index (χ1v) is 6.63. The summed E-state index contributed by atoms with van der Waals surface area (Å²) in [5.74, 6) is 1.07. The van der Waals surface area contributed by atoms with Gasteiger partial charge in [-0.05, 0) is 60.6 Å². The fraction of sp³-hybridized carbons (Fsp3) is 0.600. The third kappa shape index (κ3) is 1.88. The van der Waals surface area contributed by atoms with Gasteiger partial charge in [0.05, 0.1) is 0 Å². The van der Waals surface area contributed by atoms with E-state index in [4.69, 9.17) is 0 Å². The van der Waals surface area contributed by atoms with Gasteiger partial charge < -0.3 is 0 Å². The van der Waals surface area contributed by atoms with E-state index in [0.29, 0.717) is 11.8 Å². The van der Waals surface area contributed by atoms with Gasteiger partial charge >= 0.3 is 0 Å². The predicted molar refractivity (Wildman–Crippen MR) is 63.9 cm³/mol. The summed E-state index contributed by atoms with van der Waals surface area (Å²) in [5.41, 5.74) is 1.74. The molecule has 0 N–H and O–H groups in total. The van der Waals surface area contributed by atoms with Crippen molar-refractivity contribution >= 4 is 0 Å². The van der Waals surface area contributed by atoms with Gasteiger partial charge in [0, 0.05) is 6.07 Å². The largest absolute Gasteiger partial charge is 0.207 e. The lowest BCUT2D eigenvalue weighted by Gasteiger charge is -2.39. The van der Waals surface area contributed by atoms with E-state index < -0.39 is 5.82 Å². The van der Waals surface area contributed by atoms with Crippen LogP contribution in [-0.4, -0.2) is 0 Å². The molecule has 0 spiro atoms. The normalized spacial score (nSPS) is 31.8. The first-order chi connectivity index (χ1) is 8.15. The Morgan fingerprint density at radius 2 is 1.94 bits per heavy atom. The average Bonchev–Trinajstić information content (AvgIpc) is 2.27. The summed E-state index contributed by atoms with van der Waals surface area (Å²) in [6, 6.07) is 2.61. The Kier molecular flexibility index (Phi) is 2.68. The van der Waals surface area contributed by atoms with Crippen LogP contribution in [0.15, 0.2) is 12.1 Å². The second-order valence-corrected chi connectivity index (χ2v) is 5.78. The molecule has 0 radical (unpaired) electrons. The number of benzene rings is 1. The summed E-state index contributed by atoms with van der Waals surface area (Å²) in [6.45, 7) is 2.29. The molecule has 2 aliphatic rings. The Morgan fingerprint density at radius 1 is 1.12 bits per heavy atom. The molecule has 0 heterocycles. The van der Waals surface area contributed by atoms with Gasteiger partial charge in [-0.3, -0.25) is 0 Å². The monoisotopic (exact) mass is 236 g/mol. The topological polar surface area (TPSA) is 0 Å². The number of hydrogen-bond acceptors (Lipinski definition) is 0. The molecule has 0 aliphatic heterocycles. The van der Waals surface area contributed by atoms with Crippen LogP contribution in [0.2, 0.25) is 0 Å². The number of halogens is 2. The molecule has 2 heteroatoms. The fourth-order valence-electron chi connectivity index (χ4n) is 3.77. The molecule has 3 rings (SSSR count). The molecule has 0 aromatic heterocycles. The molecular formula is C15H18F2. The molecule has 1 aromatic rings. The van der Waals surface area contributed by atoms with Crippen molar-refractivity contribution in [1.29, 1.82) is 0 Å². The van der Waals surface area contributed by atoms with Crippen LogP contribution >= 0.6 is 0 Å². The molecule has 92 valence electrons. The summed E-state index contributed by atoms with van der Waals surface area (Å²) in [7, 11) is 0. The Labute approximate surface area is 101 Å². The van der Waals surface area contributed by atoms with E-state index in [0.717, 1.165) is 42.4 Å². The van der Waals surface area contributed by atoms with Crippen LogP contribution in [0.3, 0.4) is 0 Å². The smallest absolute Gasteiger partial charge is 0.129 e. The van der Waals surface area contributed by atoms with Crippen molar-refractivity contribution < 1.29 is 8.78 Å². The number of rotatable bonds is 0. The number of fused-ring (bicyclic) bond motifs is 3. The van der Waals surface area contributed by atoms with E-state index in [9.17, 15) is 8.78 Å². The van der Waals surface area contributed by atoms with Crippen molar-refractivity contribution in [1.82, 2.24) is 0 Å². The molecule has 2 aliphatic carbocycles. The van der Waals surface area contributed by atoms with Crippen molar-refractivity contribution in [3.05, 3.63) is 34.9 Å². The zero-order valence-electron chi connectivity index (χ0n) is 10.2. The molecule has 1 aromatic carbocycles. The van der Waals surface area contributed by atoms with E-state index >= 15 is 0 Å². The molecule has 3 unspecified atom stereocenters. The lowest BCUT2D eigenvalue weighted by atomic mass is 9.65. The fourth-order valence-corrected chi connectivity index (χ4v) is 3.77. The highest BCUT2D eigenvalue weighted by atomic mass is 19.1. The van der Waals surface area contributed by atoms with Crippen LogP contribution in [0.5, 0.6) is 0 Å². The predicted octanol–water partition coefficient (Wildman–Crippen LogP) is 4.43. The quantitative estimate of drug-likeness (QED) is 0.625. The third-order valence-electron chi connectivity index (χ3n) is 4.60. The molecular weight excluding hydrogens is 218 g/mol. The van der Waals surface area contributed by atoms with E-state index in [1.54, 1.807) is 6.07 Å². The Balaban J connectivity index is 2.01. The van der Waals surface area contributed by atoms with Gasteiger partial charge in [-0.15, -0.1) is 0 Å². The van der Waals surface area contributed by atoms with Crippen molar-refractivity contribution in [2.45, 2.75) is 44.9 Å². The van der Waals surface area contributed by atoms with Gasteiger partial charge in [0.1, 0.15) is 11.6 Å². The highest BCUT2D eigenvalue weighted by Gasteiger charge is 2.35. The summed E-state index contributed by atoms with van der Waals surface area (Å²) >= 11 is 0. The van der Waals surface area contributed by atoms with Gasteiger partial charge in [-0.1, -0.05) is 13.3 Å². The standard InChI is InChI=1S/C15H18F2/c1-9-2-4-12-10(6-9)3-5-13-14(12)7-11(16)8-15(13)17/h7-10,12H,2-6H2,1H3. The van der Waals surface area contributed by atoms with Crippen LogP contribution < -0.4 is 0 Å². The van der Waals surface area contributed by atoms with Crippen molar-refractivity contribution in [2.24, 2.45) is 11.8 Å². The minimum Gasteiger partial charge on any atom is -0.207 e. The SMILES string of the molecule is CC1CCC2c3cc(F)cc(F)c3CCC2C1. The average molecular weight is 236 g/mol. The first kappa shape index (κ1) is 11.2. The molecule has 0 amide bonds. The zero-order valence-corrected chi connectivity index (χ0v) is 10.2. The van der Waals surface area contributed by atoms with E-state index in [2.05, 4.69) is 6.92 Å². The lowest BCUT2D eigenvalue weighted by molar-refractivity contribution is 0.219. The highest BCUT2D eigenvalue weighted by Crippen LogP contribution is 2.47. The molecule has 0 bridgehead atoms. The summed E-state index contributed by atoms with van der Waals surface area (Å²) in [4.78, 5) is 0. The maximum absolute atomic E-state index is 13.7. The molecule has 0 saturated heterocycles. The first-order valence-electron chi connectivity index (χ1n) is 6.63. The summed E-state index contributed by atoms with van der Waals surface area (Å²) in [5, 5.41) is 0. The minimum atomic E-state index is -0.416. The molecule has 17 heavy (non-hydrogen) atoms. The Morgan fingerprint density at radius 3 is 2.76 bits per heavy atom. The van der Waals surface area contributed by atoms with Gasteiger partial charge in [0.25, 0.3) is 0 Å². The van der Waals surface area contributed by atoms with E-state index in [1.165, 1.54) is 12.8 Å². The zero-order chi connectivity index (χ0) is 12.0. The van der Waals surface area contributed by atoms with Gasteiger partial charge in [0.2, 0.25) is 0 Å². The van der Waals surface area contributed by atoms with E-state index in [-0.39, 0.29) is 5.82 Å². The van der Waals surface area contributed by atoms with Crippen molar-refractivity contribution in [3.63, 3.8) is 0 Å². The van der Waals surface area contributed by atoms with Crippen molar-refractivity contribution in [2.75, 3.05) is 0 Å². The Hall–Kier alpha value is -0.920. The summed E-state index contributed by atoms with van der Waals surface area (Å²) in [6.07, 6.45) is 5.38. The van der Waals surface area contributed by atoms with Gasteiger partial charge in [-0.2, -0.15) is 0 Å². The lowest BCUT2D eigenvalue weighted by Crippen LogP contribution is -2.27. The molecule has 1 fully saturated rings. The maximum Gasteiger partial charge on any atom is 0.129 e. The van der Waals surface area contributed by atoms with Crippen molar-refractivity contribution in [3.8, 4) is 0 Å². The molecule has 0 nitrogen and oxygen atoms in total. The van der Waals surface area contributed by atoms with Crippen LogP contribution in [0.25, 0.3) is 0 Å². The Bertz CT molecular complexity index is 439. The summed E-state index contributed by atoms with van der Waals surface area (Å²) < 4.78 is 27.1. The second-order valence-electron chi connectivity index (χ2n) is 5.78. The molecule has 1 saturated carbocycles.